The van der Waals surface area contributed by atoms with Crippen molar-refractivity contribution in [3.8, 4) is 0 Å². The number of nitrogens with one attached hydrogen (secondary N) is 1. The Kier molecular flexibility index (Phi) is 4.63. The average Bonchev–Trinajstić information content (AvgIpc) is 1.97. The van der Waals surface area contributed by atoms with E-state index in [4.69, 9.17) is 5.73 Å². The van der Waals surface area contributed by atoms with E-state index in [-0.39, 0.29) is 11.3 Å². The van der Waals surface area contributed by atoms with Gasteiger partial charge in [0.25, 0.3) is 5.91 Å². The number of primary amides is 1. The van der Waals surface area contributed by atoms with E-state index in [2.05, 4.69) is 18.5 Å². The van der Waals surface area contributed by atoms with Crippen LogP contribution in [0.25, 0.3) is 0 Å². The van der Waals surface area contributed by atoms with Crippen LogP contribution in [0.5, 0.6) is 0 Å². The van der Waals surface area contributed by atoms with Gasteiger partial charge in [-0.15, -0.1) is 0 Å². The zero-order chi connectivity index (χ0) is 11.3. The molecule has 14 heavy (non-hydrogen) atoms. The number of rotatable bonds is 5. The lowest BCUT2D eigenvalue weighted by atomic mass is 10.1. The predicted octanol–water partition coefficient (Wildman–Crippen LogP) is 1.39. The fourth-order valence-corrected chi connectivity index (χ4v) is 0.886. The minimum absolute atomic E-state index is 0.0444. The highest BCUT2D eigenvalue weighted by Gasteiger charge is 2.10. The molecule has 0 aliphatic heterocycles. The number of carbonyl (C=O) groups excluding carboxylic acids is 1. The van der Waals surface area contributed by atoms with Gasteiger partial charge in [-0.2, -0.15) is 0 Å². The van der Waals surface area contributed by atoms with Crippen molar-refractivity contribution in [2.45, 2.75) is 20.0 Å². The summed E-state index contributed by atoms with van der Waals surface area (Å²) in [5.74, 6) is -0.715. The third kappa shape index (κ3) is 4.45. The van der Waals surface area contributed by atoms with E-state index in [9.17, 15) is 9.18 Å². The molecule has 0 aliphatic carbocycles. The third-order valence-electron chi connectivity index (χ3n) is 1.35. The molecule has 78 valence electrons. The van der Waals surface area contributed by atoms with Crippen LogP contribution in [0.15, 0.2) is 36.2 Å². The second kappa shape index (κ2) is 5.21. The number of amides is 1. The molecule has 0 saturated heterocycles. The van der Waals surface area contributed by atoms with Crippen molar-refractivity contribution >= 4 is 5.91 Å². The first kappa shape index (κ1) is 12.4. The van der Waals surface area contributed by atoms with Crippen molar-refractivity contribution in [2.24, 2.45) is 5.73 Å². The molecule has 0 radical (unpaired) electrons. The van der Waals surface area contributed by atoms with Gasteiger partial charge in [0.05, 0.1) is 5.57 Å². The second-order valence-corrected chi connectivity index (χ2v) is 3.01. The predicted molar refractivity (Wildman–Crippen MR) is 54.9 cm³/mol. The van der Waals surface area contributed by atoms with Gasteiger partial charge in [-0.05, 0) is 19.9 Å². The Bertz CT molecular complexity index is 292. The standard InChI is InChI=1S/C10H15FN2O/c1-6(2)13-8(4)9(10(12)14)5-7(3)11/h5,7,13H,1,4H2,2-3H3,(H2,12,14)/b9-5+. The van der Waals surface area contributed by atoms with Gasteiger partial charge in [0, 0.05) is 11.4 Å². The normalized spacial score (nSPS) is 13.2. The van der Waals surface area contributed by atoms with E-state index in [1.165, 1.54) is 6.92 Å². The van der Waals surface area contributed by atoms with Crippen LogP contribution in [0.1, 0.15) is 13.8 Å². The molecule has 0 aromatic rings. The zero-order valence-electron chi connectivity index (χ0n) is 8.43. The highest BCUT2D eigenvalue weighted by molar-refractivity contribution is 5.96. The Balaban J connectivity index is 4.76. The summed E-state index contributed by atoms with van der Waals surface area (Å²) in [7, 11) is 0. The van der Waals surface area contributed by atoms with Crippen LogP contribution in [0, 0.1) is 0 Å². The van der Waals surface area contributed by atoms with Crippen LogP contribution in [-0.4, -0.2) is 12.1 Å². The van der Waals surface area contributed by atoms with Gasteiger partial charge in [-0.25, -0.2) is 4.39 Å². The van der Waals surface area contributed by atoms with Crippen LogP contribution >= 0.6 is 0 Å². The molecular weight excluding hydrogens is 183 g/mol. The summed E-state index contributed by atoms with van der Waals surface area (Å²) < 4.78 is 12.6. The maximum absolute atomic E-state index is 12.6. The summed E-state index contributed by atoms with van der Waals surface area (Å²) in [4.78, 5) is 10.9. The lowest BCUT2D eigenvalue weighted by Crippen LogP contribution is -2.22. The smallest absolute Gasteiger partial charge is 0.250 e. The van der Waals surface area contributed by atoms with Gasteiger partial charge in [0.2, 0.25) is 0 Å². The van der Waals surface area contributed by atoms with Crippen LogP contribution in [0.2, 0.25) is 0 Å². The first-order valence-corrected chi connectivity index (χ1v) is 4.12. The number of carbonyl (C=O) groups is 1. The minimum Gasteiger partial charge on any atom is -0.366 e. The Labute approximate surface area is 83.2 Å². The van der Waals surface area contributed by atoms with Crippen molar-refractivity contribution < 1.29 is 9.18 Å². The van der Waals surface area contributed by atoms with Crippen LogP contribution < -0.4 is 11.1 Å². The molecule has 0 fully saturated rings. The fraction of sp³-hybridized carbons (Fsp3) is 0.300. The van der Waals surface area contributed by atoms with Crippen LogP contribution in [0.3, 0.4) is 0 Å². The summed E-state index contributed by atoms with van der Waals surface area (Å²) in [5, 5.41) is 2.70. The van der Waals surface area contributed by atoms with Gasteiger partial charge in [-0.3, -0.25) is 4.79 Å². The summed E-state index contributed by atoms with van der Waals surface area (Å²) in [5.41, 5.74) is 5.97. The molecule has 0 heterocycles. The SMILES string of the molecule is C=C(C)NC(=C)/C(=C\C(C)F)C(N)=O. The lowest BCUT2D eigenvalue weighted by molar-refractivity contribution is -0.114. The molecule has 1 amide bonds. The van der Waals surface area contributed by atoms with E-state index in [0.717, 1.165) is 6.08 Å². The summed E-state index contributed by atoms with van der Waals surface area (Å²) in [6.07, 6.45) is -0.137. The van der Waals surface area contributed by atoms with Gasteiger partial charge < -0.3 is 11.1 Å². The number of alkyl halides is 1. The molecule has 0 aromatic carbocycles. The molecule has 4 heteroatoms. The third-order valence-corrected chi connectivity index (χ3v) is 1.35. The molecule has 0 spiro atoms. The number of allylic oxidation sites excluding steroid dienone is 2. The van der Waals surface area contributed by atoms with Gasteiger partial charge in [-0.1, -0.05) is 13.2 Å². The van der Waals surface area contributed by atoms with Crippen molar-refractivity contribution in [3.63, 3.8) is 0 Å². The van der Waals surface area contributed by atoms with Crippen molar-refractivity contribution in [2.75, 3.05) is 0 Å². The van der Waals surface area contributed by atoms with E-state index >= 15 is 0 Å². The molecular formula is C10H15FN2O. The minimum atomic E-state index is -1.25. The molecule has 0 aromatic heterocycles. The highest BCUT2D eigenvalue weighted by atomic mass is 19.1. The fourth-order valence-electron chi connectivity index (χ4n) is 0.886. The van der Waals surface area contributed by atoms with E-state index < -0.39 is 12.1 Å². The first-order valence-electron chi connectivity index (χ1n) is 4.12. The number of hydrogen-bond donors (Lipinski definition) is 2. The van der Waals surface area contributed by atoms with E-state index in [1.54, 1.807) is 6.92 Å². The molecule has 0 bridgehead atoms. The van der Waals surface area contributed by atoms with Gasteiger partial charge in [0.1, 0.15) is 6.17 Å². The molecule has 0 rings (SSSR count). The monoisotopic (exact) mass is 198 g/mol. The molecule has 0 aliphatic rings. The number of halogens is 1. The average molecular weight is 198 g/mol. The number of hydrogen-bond acceptors (Lipinski definition) is 2. The van der Waals surface area contributed by atoms with Crippen molar-refractivity contribution in [3.05, 3.63) is 36.2 Å². The molecule has 3 nitrogen and oxygen atoms in total. The Hall–Kier alpha value is -1.58. The van der Waals surface area contributed by atoms with Crippen LogP contribution in [0.4, 0.5) is 4.39 Å². The summed E-state index contributed by atoms with van der Waals surface area (Å²) in [6.45, 7) is 10.1. The van der Waals surface area contributed by atoms with E-state index in [1.807, 2.05) is 0 Å². The largest absolute Gasteiger partial charge is 0.366 e. The Morgan fingerprint density at radius 2 is 2.07 bits per heavy atom. The topological polar surface area (TPSA) is 55.1 Å². The van der Waals surface area contributed by atoms with Gasteiger partial charge in [0.15, 0.2) is 0 Å². The van der Waals surface area contributed by atoms with Gasteiger partial charge >= 0.3 is 0 Å². The molecule has 3 N–H and O–H groups in total. The summed E-state index contributed by atoms with van der Waals surface area (Å²) in [6, 6.07) is 0. The molecule has 1 unspecified atom stereocenters. The second-order valence-electron chi connectivity index (χ2n) is 3.01. The Morgan fingerprint density at radius 3 is 2.36 bits per heavy atom. The van der Waals surface area contributed by atoms with Crippen molar-refractivity contribution in [1.29, 1.82) is 0 Å². The van der Waals surface area contributed by atoms with E-state index in [0.29, 0.717) is 5.70 Å². The quantitative estimate of drug-likeness (QED) is 0.518. The lowest BCUT2D eigenvalue weighted by Gasteiger charge is -2.10. The highest BCUT2D eigenvalue weighted by Crippen LogP contribution is 2.08. The first-order chi connectivity index (χ1) is 6.34. The molecule has 1 atom stereocenters. The zero-order valence-corrected chi connectivity index (χ0v) is 8.43. The molecule has 0 saturated carbocycles. The Morgan fingerprint density at radius 1 is 1.57 bits per heavy atom. The van der Waals surface area contributed by atoms with Crippen LogP contribution in [-0.2, 0) is 4.79 Å². The number of nitrogens with two attached hydrogens (primary N) is 1. The van der Waals surface area contributed by atoms with Crippen molar-refractivity contribution in [1.82, 2.24) is 5.32 Å². The maximum atomic E-state index is 12.6. The maximum Gasteiger partial charge on any atom is 0.250 e. The summed E-state index contributed by atoms with van der Waals surface area (Å²) >= 11 is 0.